The molecule has 2 aromatic carbocycles. The molecule has 6 nitrogen and oxygen atoms in total. The number of rotatable bonds is 5. The van der Waals surface area contributed by atoms with Crippen molar-refractivity contribution in [2.45, 2.75) is 12.5 Å². The molecule has 1 atom stereocenters. The van der Waals surface area contributed by atoms with Gasteiger partial charge in [-0.05, 0) is 49.8 Å². The zero-order valence-corrected chi connectivity index (χ0v) is 16.6. The maximum Gasteiger partial charge on any atom is 0.313 e. The number of benzene rings is 2. The van der Waals surface area contributed by atoms with Gasteiger partial charge < -0.3 is 20.4 Å². The third-order valence-electron chi connectivity index (χ3n) is 5.08. The van der Waals surface area contributed by atoms with E-state index in [1.807, 2.05) is 25.1 Å². The van der Waals surface area contributed by atoms with E-state index < -0.39 is 23.4 Å². The molecule has 0 fully saturated rings. The summed E-state index contributed by atoms with van der Waals surface area (Å²) < 4.78 is 26.2. The van der Waals surface area contributed by atoms with Crippen molar-refractivity contribution >= 4 is 23.2 Å². The number of carbonyl (C=O) groups is 2. The predicted octanol–water partition coefficient (Wildman–Crippen LogP) is 2.31. The highest BCUT2D eigenvalue weighted by atomic mass is 19.2. The number of nitrogens with one attached hydrogen (secondary N) is 2. The van der Waals surface area contributed by atoms with Gasteiger partial charge in [-0.1, -0.05) is 12.1 Å². The lowest BCUT2D eigenvalue weighted by atomic mass is 10.0. The average molecular weight is 402 g/mol. The fraction of sp³-hybridized carbons (Fsp3) is 0.333. The summed E-state index contributed by atoms with van der Waals surface area (Å²) in [4.78, 5) is 28.4. The summed E-state index contributed by atoms with van der Waals surface area (Å²) in [5, 5.41) is 4.88. The molecule has 0 unspecified atom stereocenters. The van der Waals surface area contributed by atoms with Crippen LogP contribution < -0.4 is 15.5 Å². The molecule has 0 bridgehead atoms. The van der Waals surface area contributed by atoms with Crippen LogP contribution in [0.4, 0.5) is 20.2 Å². The van der Waals surface area contributed by atoms with Crippen LogP contribution in [0.5, 0.6) is 0 Å². The number of hydrogen-bond donors (Lipinski definition) is 2. The number of fused-ring (bicyclic) bond motifs is 1. The molecule has 154 valence electrons. The van der Waals surface area contributed by atoms with Crippen LogP contribution in [0.2, 0.25) is 0 Å². The second-order valence-electron chi connectivity index (χ2n) is 7.33. The molecule has 29 heavy (non-hydrogen) atoms. The average Bonchev–Trinajstić information content (AvgIpc) is 3.05. The monoisotopic (exact) mass is 402 g/mol. The molecule has 0 spiro atoms. The fourth-order valence-corrected chi connectivity index (χ4v) is 3.42. The zero-order valence-electron chi connectivity index (χ0n) is 16.6. The molecule has 2 N–H and O–H groups in total. The number of carbonyl (C=O) groups excluding carboxylic acids is 2. The van der Waals surface area contributed by atoms with E-state index in [-0.39, 0.29) is 18.3 Å². The van der Waals surface area contributed by atoms with Gasteiger partial charge in [0.15, 0.2) is 11.6 Å². The Labute approximate surface area is 168 Å². The van der Waals surface area contributed by atoms with E-state index in [1.54, 1.807) is 0 Å². The molecular weight excluding hydrogens is 378 g/mol. The maximum atomic E-state index is 13.2. The minimum absolute atomic E-state index is 0.0101. The summed E-state index contributed by atoms with van der Waals surface area (Å²) in [6.45, 7) is 1.21. The first-order chi connectivity index (χ1) is 13.8. The molecule has 0 radical (unpaired) electrons. The molecule has 0 aliphatic carbocycles. The lowest BCUT2D eigenvalue weighted by Gasteiger charge is -2.26. The summed E-state index contributed by atoms with van der Waals surface area (Å²) in [5.74, 6) is -3.91. The van der Waals surface area contributed by atoms with Gasteiger partial charge in [-0.3, -0.25) is 9.59 Å². The van der Waals surface area contributed by atoms with Gasteiger partial charge in [-0.25, -0.2) is 8.78 Å². The van der Waals surface area contributed by atoms with Gasteiger partial charge in [-0.2, -0.15) is 0 Å². The SMILES string of the molecule is CN1CCc2cc([C@H](CNC(=O)C(=O)Nc3ccc(F)c(F)c3)N(C)C)ccc21. The molecule has 0 saturated heterocycles. The second-order valence-corrected chi connectivity index (χ2v) is 7.33. The topological polar surface area (TPSA) is 64.7 Å². The van der Waals surface area contributed by atoms with Crippen molar-refractivity contribution in [3.63, 3.8) is 0 Å². The van der Waals surface area contributed by atoms with Crippen molar-refractivity contribution < 1.29 is 18.4 Å². The molecule has 1 heterocycles. The van der Waals surface area contributed by atoms with Crippen LogP contribution in [-0.2, 0) is 16.0 Å². The van der Waals surface area contributed by atoms with Crippen molar-refractivity contribution in [3.05, 3.63) is 59.2 Å². The van der Waals surface area contributed by atoms with E-state index in [1.165, 1.54) is 17.3 Å². The van der Waals surface area contributed by atoms with Crippen molar-refractivity contribution in [1.29, 1.82) is 0 Å². The van der Waals surface area contributed by atoms with Gasteiger partial charge >= 0.3 is 11.8 Å². The van der Waals surface area contributed by atoms with E-state index >= 15 is 0 Å². The number of halogens is 2. The van der Waals surface area contributed by atoms with Crippen LogP contribution >= 0.6 is 0 Å². The normalized spacial score (nSPS) is 13.9. The Bertz CT molecular complexity index is 933. The molecule has 0 saturated carbocycles. The van der Waals surface area contributed by atoms with Crippen molar-refractivity contribution in [3.8, 4) is 0 Å². The molecular formula is C21H24F2N4O2. The van der Waals surface area contributed by atoms with E-state index in [0.717, 1.165) is 30.7 Å². The number of nitrogens with zero attached hydrogens (tertiary/aromatic N) is 2. The molecule has 1 aliphatic heterocycles. The third-order valence-corrected chi connectivity index (χ3v) is 5.08. The number of anilines is 2. The standard InChI is InChI=1S/C21H24F2N4O2/c1-26(2)19(13-4-7-18-14(10-13)8-9-27(18)3)12-24-20(28)21(29)25-15-5-6-16(22)17(23)11-15/h4-7,10-11,19H,8-9,12H2,1-3H3,(H,24,28)(H,25,29)/t19-/m0/s1. The highest BCUT2D eigenvalue weighted by Gasteiger charge is 2.22. The first kappa shape index (κ1) is 20.7. The van der Waals surface area contributed by atoms with E-state index in [2.05, 4.69) is 34.7 Å². The van der Waals surface area contributed by atoms with Gasteiger partial charge in [0, 0.05) is 37.6 Å². The lowest BCUT2D eigenvalue weighted by Crippen LogP contribution is -2.40. The molecule has 1 aliphatic rings. The van der Waals surface area contributed by atoms with Gasteiger partial charge in [0.05, 0.1) is 6.04 Å². The quantitative estimate of drug-likeness (QED) is 0.754. The van der Waals surface area contributed by atoms with Crippen LogP contribution in [0.3, 0.4) is 0 Å². The smallest absolute Gasteiger partial charge is 0.313 e. The van der Waals surface area contributed by atoms with E-state index in [9.17, 15) is 18.4 Å². The van der Waals surface area contributed by atoms with Crippen LogP contribution in [0, 0.1) is 11.6 Å². The summed E-state index contributed by atoms with van der Waals surface area (Å²) in [5.41, 5.74) is 3.53. The third kappa shape index (κ3) is 4.71. The van der Waals surface area contributed by atoms with Crippen molar-refractivity contribution in [2.24, 2.45) is 0 Å². The minimum atomic E-state index is -1.10. The minimum Gasteiger partial charge on any atom is -0.374 e. The highest BCUT2D eigenvalue weighted by molar-refractivity contribution is 6.39. The number of hydrogen-bond acceptors (Lipinski definition) is 4. The zero-order chi connectivity index (χ0) is 21.1. The summed E-state index contributed by atoms with van der Waals surface area (Å²) in [7, 11) is 5.86. The van der Waals surface area contributed by atoms with Crippen molar-refractivity contribution in [1.82, 2.24) is 10.2 Å². The van der Waals surface area contributed by atoms with Gasteiger partial charge in [0.1, 0.15) is 0 Å². The molecule has 0 aromatic heterocycles. The largest absolute Gasteiger partial charge is 0.374 e. The summed E-state index contributed by atoms with van der Waals surface area (Å²) in [6, 6.07) is 9.02. The van der Waals surface area contributed by atoms with Gasteiger partial charge in [0.25, 0.3) is 0 Å². The second kappa shape index (κ2) is 8.57. The Morgan fingerprint density at radius 1 is 1.10 bits per heavy atom. The fourth-order valence-electron chi connectivity index (χ4n) is 3.42. The van der Waals surface area contributed by atoms with Crippen LogP contribution in [0.25, 0.3) is 0 Å². The maximum absolute atomic E-state index is 13.2. The van der Waals surface area contributed by atoms with Gasteiger partial charge in [0.2, 0.25) is 0 Å². The molecule has 8 heteroatoms. The number of amides is 2. The Hall–Kier alpha value is -3.00. The molecule has 2 aromatic rings. The molecule has 3 rings (SSSR count). The Morgan fingerprint density at radius 2 is 1.86 bits per heavy atom. The molecule has 2 amide bonds. The Balaban J connectivity index is 1.63. The van der Waals surface area contributed by atoms with Gasteiger partial charge in [-0.15, -0.1) is 0 Å². The van der Waals surface area contributed by atoms with Crippen LogP contribution in [0.15, 0.2) is 36.4 Å². The lowest BCUT2D eigenvalue weighted by molar-refractivity contribution is -0.136. The highest BCUT2D eigenvalue weighted by Crippen LogP contribution is 2.30. The van der Waals surface area contributed by atoms with E-state index in [0.29, 0.717) is 0 Å². The predicted molar refractivity (Wildman–Crippen MR) is 108 cm³/mol. The summed E-state index contributed by atoms with van der Waals surface area (Å²) >= 11 is 0. The van der Waals surface area contributed by atoms with Crippen molar-refractivity contribution in [2.75, 3.05) is 44.4 Å². The Kier molecular flexibility index (Phi) is 6.12. The van der Waals surface area contributed by atoms with Crippen LogP contribution in [-0.4, -0.2) is 50.9 Å². The summed E-state index contributed by atoms with van der Waals surface area (Å²) in [6.07, 6.45) is 0.975. The first-order valence-corrected chi connectivity index (χ1v) is 9.31. The first-order valence-electron chi connectivity index (χ1n) is 9.31. The van der Waals surface area contributed by atoms with Crippen LogP contribution in [0.1, 0.15) is 17.2 Å². The Morgan fingerprint density at radius 3 is 2.55 bits per heavy atom. The van der Waals surface area contributed by atoms with E-state index in [4.69, 9.17) is 0 Å². The number of likely N-dealkylation sites (N-methyl/N-ethyl adjacent to an activating group) is 2.